The summed E-state index contributed by atoms with van der Waals surface area (Å²) < 4.78 is 6.45. The molecule has 106 valence electrons. The lowest BCUT2D eigenvalue weighted by Gasteiger charge is -2.36. The molecule has 2 aliphatic heterocycles. The molecule has 0 aliphatic carbocycles. The quantitative estimate of drug-likeness (QED) is 0.924. The number of aromatic nitrogens is 1. The third kappa shape index (κ3) is 1.88. The second-order valence-corrected chi connectivity index (χ2v) is 6.76. The molecule has 0 radical (unpaired) electrons. The van der Waals surface area contributed by atoms with E-state index in [4.69, 9.17) is 9.72 Å². The second kappa shape index (κ2) is 4.60. The van der Waals surface area contributed by atoms with Crippen LogP contribution in [0.25, 0.3) is 10.2 Å². The molecule has 2 aromatic rings. The van der Waals surface area contributed by atoms with Crippen molar-refractivity contribution in [3.05, 3.63) is 18.2 Å². The highest BCUT2D eigenvalue weighted by Gasteiger charge is 2.41. The first kappa shape index (κ1) is 12.4. The predicted octanol–water partition coefficient (Wildman–Crippen LogP) is 2.80. The Balaban J connectivity index is 1.72. The SMILES string of the molecule is COc1ccc2nc(N3C4CCC3CC(O)C4)sc2c1. The van der Waals surface area contributed by atoms with Crippen LogP contribution in [-0.2, 0) is 0 Å². The van der Waals surface area contributed by atoms with Crippen molar-refractivity contribution in [3.63, 3.8) is 0 Å². The van der Waals surface area contributed by atoms with Gasteiger partial charge in [0.1, 0.15) is 5.75 Å². The third-order valence-corrected chi connectivity index (χ3v) is 5.54. The minimum absolute atomic E-state index is 0.127. The molecular weight excluding hydrogens is 272 g/mol. The highest BCUT2D eigenvalue weighted by Crippen LogP contribution is 2.42. The Bertz CT molecular complexity index is 628. The predicted molar refractivity (Wildman–Crippen MR) is 80.7 cm³/mol. The van der Waals surface area contributed by atoms with Gasteiger partial charge in [-0.05, 0) is 43.9 Å². The van der Waals surface area contributed by atoms with Crippen molar-refractivity contribution in [1.29, 1.82) is 0 Å². The van der Waals surface area contributed by atoms with Crippen LogP contribution >= 0.6 is 11.3 Å². The number of anilines is 1. The molecule has 2 atom stereocenters. The highest BCUT2D eigenvalue weighted by molar-refractivity contribution is 7.22. The van der Waals surface area contributed by atoms with Crippen LogP contribution in [0.15, 0.2) is 18.2 Å². The van der Waals surface area contributed by atoms with E-state index in [1.807, 2.05) is 12.1 Å². The minimum Gasteiger partial charge on any atom is -0.497 e. The summed E-state index contributed by atoms with van der Waals surface area (Å²) in [6, 6.07) is 6.96. The van der Waals surface area contributed by atoms with Gasteiger partial charge in [0.05, 0.1) is 23.4 Å². The lowest BCUT2D eigenvalue weighted by Crippen LogP contribution is -2.44. The van der Waals surface area contributed by atoms with Gasteiger partial charge in [0.25, 0.3) is 0 Å². The van der Waals surface area contributed by atoms with Crippen molar-refractivity contribution < 1.29 is 9.84 Å². The highest BCUT2D eigenvalue weighted by atomic mass is 32.1. The van der Waals surface area contributed by atoms with E-state index >= 15 is 0 Å². The summed E-state index contributed by atoms with van der Waals surface area (Å²) in [5.41, 5.74) is 1.04. The van der Waals surface area contributed by atoms with Crippen LogP contribution in [0.2, 0.25) is 0 Å². The molecule has 1 N–H and O–H groups in total. The molecule has 0 saturated carbocycles. The molecular formula is C15H18N2O2S. The Hall–Kier alpha value is -1.33. The Morgan fingerprint density at radius 3 is 2.75 bits per heavy atom. The lowest BCUT2D eigenvalue weighted by atomic mass is 10.0. The van der Waals surface area contributed by atoms with Gasteiger partial charge in [0.15, 0.2) is 5.13 Å². The average molecular weight is 290 g/mol. The summed E-state index contributed by atoms with van der Waals surface area (Å²) in [7, 11) is 1.69. The molecule has 20 heavy (non-hydrogen) atoms. The van der Waals surface area contributed by atoms with Crippen LogP contribution in [0.4, 0.5) is 5.13 Å². The number of thiazole rings is 1. The number of ether oxygens (including phenoxy) is 1. The van der Waals surface area contributed by atoms with Crippen molar-refractivity contribution in [2.24, 2.45) is 0 Å². The first-order valence-electron chi connectivity index (χ1n) is 7.15. The summed E-state index contributed by atoms with van der Waals surface area (Å²) in [5, 5.41) is 11.0. The number of benzene rings is 1. The summed E-state index contributed by atoms with van der Waals surface area (Å²) in [6.45, 7) is 0. The van der Waals surface area contributed by atoms with Crippen molar-refractivity contribution in [1.82, 2.24) is 4.98 Å². The number of aliphatic hydroxyl groups is 1. The number of aliphatic hydroxyl groups excluding tert-OH is 1. The Morgan fingerprint density at radius 1 is 1.30 bits per heavy atom. The van der Waals surface area contributed by atoms with Crippen LogP contribution in [0.1, 0.15) is 25.7 Å². The van der Waals surface area contributed by atoms with Crippen molar-refractivity contribution in [3.8, 4) is 5.75 Å². The number of fused-ring (bicyclic) bond motifs is 3. The summed E-state index contributed by atoms with van der Waals surface area (Å²) >= 11 is 1.74. The van der Waals surface area contributed by atoms with E-state index in [9.17, 15) is 5.11 Å². The van der Waals surface area contributed by atoms with Crippen molar-refractivity contribution in [2.45, 2.75) is 43.9 Å². The van der Waals surface area contributed by atoms with E-state index in [0.717, 1.165) is 29.2 Å². The monoisotopic (exact) mass is 290 g/mol. The maximum absolute atomic E-state index is 9.90. The van der Waals surface area contributed by atoms with E-state index in [2.05, 4.69) is 11.0 Å². The second-order valence-electron chi connectivity index (χ2n) is 5.75. The number of hydrogen-bond donors (Lipinski definition) is 1. The smallest absolute Gasteiger partial charge is 0.186 e. The van der Waals surface area contributed by atoms with Crippen LogP contribution in [-0.4, -0.2) is 35.4 Å². The Morgan fingerprint density at radius 2 is 2.05 bits per heavy atom. The molecule has 5 heteroatoms. The average Bonchev–Trinajstić information content (AvgIpc) is 2.96. The molecule has 2 unspecified atom stereocenters. The zero-order chi connectivity index (χ0) is 13.7. The number of hydrogen-bond acceptors (Lipinski definition) is 5. The molecule has 1 aromatic heterocycles. The largest absolute Gasteiger partial charge is 0.497 e. The minimum atomic E-state index is -0.127. The maximum atomic E-state index is 9.90. The van der Waals surface area contributed by atoms with Gasteiger partial charge in [-0.1, -0.05) is 11.3 Å². The van der Waals surface area contributed by atoms with E-state index in [-0.39, 0.29) is 6.10 Å². The molecule has 0 spiro atoms. The molecule has 4 rings (SSSR count). The first-order chi connectivity index (χ1) is 9.74. The number of methoxy groups -OCH3 is 1. The van der Waals surface area contributed by atoms with Crippen LogP contribution in [0.5, 0.6) is 5.75 Å². The molecule has 2 saturated heterocycles. The molecule has 1 aromatic carbocycles. The van der Waals surface area contributed by atoms with Crippen molar-refractivity contribution in [2.75, 3.05) is 12.0 Å². The van der Waals surface area contributed by atoms with E-state index in [1.54, 1.807) is 18.4 Å². The summed E-state index contributed by atoms with van der Waals surface area (Å²) in [6.07, 6.45) is 4.01. The van der Waals surface area contributed by atoms with Crippen LogP contribution in [0, 0.1) is 0 Å². The molecule has 3 heterocycles. The fourth-order valence-corrected chi connectivity index (χ4v) is 4.73. The van der Waals surface area contributed by atoms with Gasteiger partial charge in [-0.25, -0.2) is 4.98 Å². The fraction of sp³-hybridized carbons (Fsp3) is 0.533. The maximum Gasteiger partial charge on any atom is 0.186 e. The first-order valence-corrected chi connectivity index (χ1v) is 7.97. The van der Waals surface area contributed by atoms with Gasteiger partial charge >= 0.3 is 0 Å². The van der Waals surface area contributed by atoms with Gasteiger partial charge in [0, 0.05) is 12.1 Å². The molecule has 2 bridgehead atoms. The van der Waals surface area contributed by atoms with Gasteiger partial charge in [-0.15, -0.1) is 0 Å². The van der Waals surface area contributed by atoms with Crippen molar-refractivity contribution >= 4 is 26.7 Å². The molecule has 0 amide bonds. The molecule has 2 fully saturated rings. The molecule has 2 aliphatic rings. The van der Waals surface area contributed by atoms with E-state index in [1.165, 1.54) is 17.5 Å². The van der Waals surface area contributed by atoms with E-state index < -0.39 is 0 Å². The summed E-state index contributed by atoms with van der Waals surface area (Å²) in [4.78, 5) is 7.23. The number of rotatable bonds is 2. The standard InChI is InChI=1S/C15H18N2O2S/c1-19-12-4-5-13-14(8-12)20-15(16-13)17-9-2-3-10(17)7-11(18)6-9/h4-5,8-11,18H,2-3,6-7H2,1H3. The molecule has 4 nitrogen and oxygen atoms in total. The topological polar surface area (TPSA) is 45.6 Å². The van der Waals surface area contributed by atoms with Crippen LogP contribution in [0.3, 0.4) is 0 Å². The zero-order valence-corrected chi connectivity index (χ0v) is 12.3. The van der Waals surface area contributed by atoms with Gasteiger partial charge in [-0.2, -0.15) is 0 Å². The van der Waals surface area contributed by atoms with Crippen LogP contribution < -0.4 is 9.64 Å². The van der Waals surface area contributed by atoms with Gasteiger partial charge in [-0.3, -0.25) is 0 Å². The van der Waals surface area contributed by atoms with Gasteiger partial charge < -0.3 is 14.7 Å². The normalized spacial score (nSPS) is 29.1. The van der Waals surface area contributed by atoms with Gasteiger partial charge in [0.2, 0.25) is 0 Å². The fourth-order valence-electron chi connectivity index (χ4n) is 3.59. The van der Waals surface area contributed by atoms with E-state index in [0.29, 0.717) is 12.1 Å². The Labute approximate surface area is 122 Å². The Kier molecular flexibility index (Phi) is 2.86. The number of piperidine rings is 1. The third-order valence-electron chi connectivity index (χ3n) is 4.51. The summed E-state index contributed by atoms with van der Waals surface area (Å²) in [5.74, 6) is 0.879. The zero-order valence-electron chi connectivity index (χ0n) is 11.5. The number of nitrogens with zero attached hydrogens (tertiary/aromatic N) is 2. The lowest BCUT2D eigenvalue weighted by molar-refractivity contribution is 0.126.